The highest BCUT2D eigenvalue weighted by atomic mass is 16.3. The fraction of sp³-hybridized carbons (Fsp3) is 0.143. The van der Waals surface area contributed by atoms with E-state index in [2.05, 4.69) is 10.3 Å². The fourth-order valence-corrected chi connectivity index (χ4v) is 2.67. The number of aliphatic hydroxyl groups is 1. The van der Waals surface area contributed by atoms with Crippen LogP contribution in [-0.2, 0) is 4.79 Å². The van der Waals surface area contributed by atoms with Crippen molar-refractivity contribution in [1.29, 1.82) is 0 Å². The van der Waals surface area contributed by atoms with Crippen LogP contribution in [0.4, 0.5) is 0 Å². The quantitative estimate of drug-likeness (QED) is 0.674. The zero-order chi connectivity index (χ0) is 18.4. The number of carbonyl (C=O) groups excluding carboxylic acids is 1. The van der Waals surface area contributed by atoms with Gasteiger partial charge in [-0.25, -0.2) is 4.98 Å². The van der Waals surface area contributed by atoms with E-state index >= 15 is 0 Å². The number of nitrogens with zero attached hydrogens (tertiary/aromatic N) is 2. The maximum atomic E-state index is 12.0. The van der Waals surface area contributed by atoms with Gasteiger partial charge >= 0.3 is 0 Å². The molecule has 1 heterocycles. The van der Waals surface area contributed by atoms with Gasteiger partial charge in [0.2, 0.25) is 5.91 Å². The Bertz CT molecular complexity index is 884. The molecule has 3 rings (SSSR count). The second-order valence-corrected chi connectivity index (χ2v) is 6.01. The molecule has 2 N–H and O–H groups in total. The Morgan fingerprint density at radius 3 is 2.69 bits per heavy atom. The Kier molecular flexibility index (Phi) is 5.61. The molecule has 0 saturated carbocycles. The maximum Gasteiger partial charge on any atom is 0.244 e. The summed E-state index contributed by atoms with van der Waals surface area (Å²) >= 11 is 0. The molecule has 0 bridgehead atoms. The lowest BCUT2D eigenvalue weighted by molar-refractivity contribution is -0.116. The number of aliphatic hydroxyl groups excluding tert-OH is 1. The number of aromatic nitrogens is 2. The standard InChI is InChI=1S/C21H21N3O2/c1-16-4-2-3-5-19(16)20(25)14-23-21(26)11-8-17-6-9-18(10-7-17)24-13-12-22-15-24/h2-13,15,20,25H,14H2,1H3,(H,23,26)/b11-8+. The minimum Gasteiger partial charge on any atom is -0.387 e. The van der Waals surface area contributed by atoms with Gasteiger partial charge in [0.05, 0.1) is 12.4 Å². The lowest BCUT2D eigenvalue weighted by Crippen LogP contribution is -2.26. The van der Waals surface area contributed by atoms with Gasteiger partial charge in [-0.2, -0.15) is 0 Å². The van der Waals surface area contributed by atoms with E-state index in [0.717, 1.165) is 22.4 Å². The first-order valence-corrected chi connectivity index (χ1v) is 8.41. The number of rotatable bonds is 6. The highest BCUT2D eigenvalue weighted by Gasteiger charge is 2.10. The van der Waals surface area contributed by atoms with Crippen LogP contribution < -0.4 is 5.32 Å². The number of imidazole rings is 1. The minimum atomic E-state index is -0.719. The number of benzene rings is 2. The average molecular weight is 347 g/mol. The Labute approximate surface area is 152 Å². The van der Waals surface area contributed by atoms with Crippen LogP contribution >= 0.6 is 0 Å². The summed E-state index contributed by atoms with van der Waals surface area (Å²) in [5, 5.41) is 12.9. The normalized spacial score (nSPS) is 12.2. The molecule has 1 amide bonds. The van der Waals surface area contributed by atoms with E-state index < -0.39 is 6.10 Å². The van der Waals surface area contributed by atoms with Crippen LogP contribution in [0.25, 0.3) is 11.8 Å². The SMILES string of the molecule is Cc1ccccc1C(O)CNC(=O)/C=C/c1ccc(-n2ccnc2)cc1. The molecule has 1 atom stereocenters. The van der Waals surface area contributed by atoms with Gasteiger partial charge in [-0.15, -0.1) is 0 Å². The molecule has 0 aliphatic heterocycles. The first kappa shape index (κ1) is 17.6. The van der Waals surface area contributed by atoms with Gasteiger partial charge in [0.15, 0.2) is 0 Å². The van der Waals surface area contributed by atoms with Gasteiger partial charge in [-0.1, -0.05) is 36.4 Å². The van der Waals surface area contributed by atoms with Gasteiger partial charge in [0, 0.05) is 30.7 Å². The third kappa shape index (κ3) is 4.46. The Morgan fingerprint density at radius 2 is 2.00 bits per heavy atom. The first-order chi connectivity index (χ1) is 12.6. The predicted octanol–water partition coefficient (Wildman–Crippen LogP) is 3.04. The van der Waals surface area contributed by atoms with Crippen LogP contribution in [0.1, 0.15) is 22.8 Å². The number of aryl methyl sites for hydroxylation is 1. The summed E-state index contributed by atoms with van der Waals surface area (Å²) in [5.41, 5.74) is 3.75. The molecule has 0 saturated heterocycles. The Morgan fingerprint density at radius 1 is 1.23 bits per heavy atom. The lowest BCUT2D eigenvalue weighted by Gasteiger charge is -2.13. The molecule has 0 spiro atoms. The monoisotopic (exact) mass is 347 g/mol. The molecule has 0 radical (unpaired) electrons. The van der Waals surface area contributed by atoms with Crippen LogP contribution in [0.3, 0.4) is 0 Å². The largest absolute Gasteiger partial charge is 0.387 e. The zero-order valence-corrected chi connectivity index (χ0v) is 14.5. The van der Waals surface area contributed by atoms with Crippen LogP contribution in [0.15, 0.2) is 73.3 Å². The summed E-state index contributed by atoms with van der Waals surface area (Å²) in [6, 6.07) is 15.4. The van der Waals surface area contributed by atoms with E-state index in [9.17, 15) is 9.90 Å². The molecule has 0 aliphatic carbocycles. The number of amides is 1. The van der Waals surface area contributed by atoms with Gasteiger partial charge in [0.1, 0.15) is 0 Å². The van der Waals surface area contributed by atoms with Crippen molar-refractivity contribution in [2.24, 2.45) is 0 Å². The lowest BCUT2D eigenvalue weighted by atomic mass is 10.0. The minimum absolute atomic E-state index is 0.174. The summed E-state index contributed by atoms with van der Waals surface area (Å²) in [7, 11) is 0. The van der Waals surface area contributed by atoms with Crippen LogP contribution in [-0.4, -0.2) is 27.1 Å². The van der Waals surface area contributed by atoms with Crippen molar-refractivity contribution < 1.29 is 9.90 Å². The van der Waals surface area contributed by atoms with E-state index in [1.807, 2.05) is 66.2 Å². The zero-order valence-electron chi connectivity index (χ0n) is 14.5. The van der Waals surface area contributed by atoms with Gasteiger partial charge in [-0.05, 0) is 41.8 Å². The van der Waals surface area contributed by atoms with Crippen molar-refractivity contribution in [1.82, 2.24) is 14.9 Å². The van der Waals surface area contributed by atoms with E-state index in [1.165, 1.54) is 6.08 Å². The molecule has 5 heteroatoms. The van der Waals surface area contributed by atoms with Crippen molar-refractivity contribution in [3.8, 4) is 5.69 Å². The Hall–Kier alpha value is -3.18. The number of hydrogen-bond acceptors (Lipinski definition) is 3. The van der Waals surface area contributed by atoms with Crippen molar-refractivity contribution in [2.75, 3.05) is 6.54 Å². The van der Waals surface area contributed by atoms with Crippen molar-refractivity contribution >= 4 is 12.0 Å². The Balaban J connectivity index is 1.54. The van der Waals surface area contributed by atoms with Crippen molar-refractivity contribution in [3.05, 3.63) is 90.0 Å². The topological polar surface area (TPSA) is 67.2 Å². The summed E-state index contributed by atoms with van der Waals surface area (Å²) in [4.78, 5) is 16.0. The molecule has 1 unspecified atom stereocenters. The number of hydrogen-bond donors (Lipinski definition) is 2. The fourth-order valence-electron chi connectivity index (χ4n) is 2.67. The third-order valence-electron chi connectivity index (χ3n) is 4.14. The van der Waals surface area contributed by atoms with Gasteiger partial charge in [0.25, 0.3) is 0 Å². The smallest absolute Gasteiger partial charge is 0.244 e. The van der Waals surface area contributed by atoms with Gasteiger partial charge in [-0.3, -0.25) is 4.79 Å². The molecular formula is C21H21N3O2. The molecule has 1 aromatic heterocycles. The van der Waals surface area contributed by atoms with Crippen LogP contribution in [0.5, 0.6) is 0 Å². The molecule has 5 nitrogen and oxygen atoms in total. The number of carbonyl (C=O) groups is 1. The van der Waals surface area contributed by atoms with E-state index in [4.69, 9.17) is 0 Å². The summed E-state index contributed by atoms with van der Waals surface area (Å²) < 4.78 is 1.91. The van der Waals surface area contributed by atoms with Gasteiger partial charge < -0.3 is 15.0 Å². The summed E-state index contributed by atoms with van der Waals surface area (Å²) in [6.45, 7) is 2.11. The highest BCUT2D eigenvalue weighted by Crippen LogP contribution is 2.16. The third-order valence-corrected chi connectivity index (χ3v) is 4.14. The van der Waals surface area contributed by atoms with Crippen LogP contribution in [0, 0.1) is 6.92 Å². The summed E-state index contributed by atoms with van der Waals surface area (Å²) in [6.07, 6.45) is 7.83. The molecule has 0 aliphatic rings. The van der Waals surface area contributed by atoms with E-state index in [0.29, 0.717) is 0 Å². The van der Waals surface area contributed by atoms with E-state index in [-0.39, 0.29) is 12.5 Å². The molecule has 3 aromatic rings. The molecule has 26 heavy (non-hydrogen) atoms. The van der Waals surface area contributed by atoms with Crippen molar-refractivity contribution in [3.63, 3.8) is 0 Å². The van der Waals surface area contributed by atoms with E-state index in [1.54, 1.807) is 18.6 Å². The highest BCUT2D eigenvalue weighted by molar-refractivity contribution is 5.91. The predicted molar refractivity (Wildman–Crippen MR) is 102 cm³/mol. The average Bonchev–Trinajstić information content (AvgIpc) is 3.20. The molecule has 132 valence electrons. The summed E-state index contributed by atoms with van der Waals surface area (Å²) in [5.74, 6) is -0.240. The number of nitrogens with one attached hydrogen (secondary N) is 1. The molecular weight excluding hydrogens is 326 g/mol. The second-order valence-electron chi connectivity index (χ2n) is 6.01. The molecule has 2 aromatic carbocycles. The van der Waals surface area contributed by atoms with Crippen molar-refractivity contribution in [2.45, 2.75) is 13.0 Å². The first-order valence-electron chi connectivity index (χ1n) is 8.41. The molecule has 0 fully saturated rings. The van der Waals surface area contributed by atoms with Crippen LogP contribution in [0.2, 0.25) is 0 Å². The maximum absolute atomic E-state index is 12.0. The second kappa shape index (κ2) is 8.27.